The van der Waals surface area contributed by atoms with E-state index in [4.69, 9.17) is 15.9 Å². The fourth-order valence-corrected chi connectivity index (χ4v) is 1.07. The Hall–Kier alpha value is -2.31. The van der Waals surface area contributed by atoms with Crippen molar-refractivity contribution < 1.29 is 4.42 Å². The third-order valence-electron chi connectivity index (χ3n) is 1.67. The lowest BCUT2D eigenvalue weighted by Gasteiger charge is -2.03. The van der Waals surface area contributed by atoms with Crippen molar-refractivity contribution in [2.24, 2.45) is 0 Å². The zero-order valence-electron chi connectivity index (χ0n) is 7.84. The van der Waals surface area contributed by atoms with Gasteiger partial charge in [-0.05, 0) is 12.1 Å². The highest BCUT2D eigenvalue weighted by atomic mass is 16.3. The van der Waals surface area contributed by atoms with Gasteiger partial charge in [0.15, 0.2) is 0 Å². The van der Waals surface area contributed by atoms with Crippen LogP contribution in [0.25, 0.3) is 0 Å². The molecular weight excluding hydrogens is 196 g/mol. The maximum Gasteiger partial charge on any atom is 0.229 e. The molecule has 0 unspecified atom stereocenters. The van der Waals surface area contributed by atoms with Gasteiger partial charge in [-0.25, -0.2) is 0 Å². The monoisotopic (exact) mass is 206 g/mol. The zero-order valence-corrected chi connectivity index (χ0v) is 7.84. The van der Waals surface area contributed by atoms with Crippen LogP contribution in [0.2, 0.25) is 0 Å². The molecule has 0 saturated heterocycles. The number of anilines is 3. The fraction of sp³-hybridized carbons (Fsp3) is 0.125. The highest BCUT2D eigenvalue weighted by Crippen LogP contribution is 2.06. The van der Waals surface area contributed by atoms with E-state index in [-0.39, 0.29) is 11.9 Å². The van der Waals surface area contributed by atoms with Crippen LogP contribution >= 0.6 is 0 Å². The first-order valence-corrected chi connectivity index (χ1v) is 4.27. The molecule has 2 heterocycles. The average Bonchev–Trinajstić information content (AvgIpc) is 2.65. The molecule has 2 rings (SSSR count). The standard InChI is InChI=1S/C8H10N6O/c9-6-12-7(10)14-8(13-6)11-4-5-2-1-3-15-5/h1-3H,4H2,(H5,9,10,11,12,13,14). The molecule has 78 valence electrons. The molecule has 0 radical (unpaired) electrons. The minimum Gasteiger partial charge on any atom is -0.467 e. The normalized spacial score (nSPS) is 10.1. The summed E-state index contributed by atoms with van der Waals surface area (Å²) in [7, 11) is 0. The summed E-state index contributed by atoms with van der Waals surface area (Å²) in [6, 6.07) is 3.63. The Morgan fingerprint density at radius 3 is 2.53 bits per heavy atom. The van der Waals surface area contributed by atoms with E-state index < -0.39 is 0 Å². The Morgan fingerprint density at radius 2 is 1.93 bits per heavy atom. The molecule has 0 aliphatic heterocycles. The Bertz CT molecular complexity index is 420. The third-order valence-corrected chi connectivity index (χ3v) is 1.67. The zero-order chi connectivity index (χ0) is 10.7. The Kier molecular flexibility index (Phi) is 2.36. The second-order valence-electron chi connectivity index (χ2n) is 2.81. The lowest BCUT2D eigenvalue weighted by Crippen LogP contribution is -2.08. The number of aromatic nitrogens is 3. The van der Waals surface area contributed by atoms with Gasteiger partial charge in [-0.1, -0.05) is 0 Å². The molecule has 0 amide bonds. The van der Waals surface area contributed by atoms with Crippen LogP contribution in [-0.2, 0) is 6.54 Å². The Labute approximate surface area is 85.5 Å². The van der Waals surface area contributed by atoms with Crippen LogP contribution < -0.4 is 16.8 Å². The number of nitrogens with two attached hydrogens (primary N) is 2. The highest BCUT2D eigenvalue weighted by molar-refractivity contribution is 5.37. The van der Waals surface area contributed by atoms with Crippen molar-refractivity contribution in [3.05, 3.63) is 24.2 Å². The molecule has 15 heavy (non-hydrogen) atoms. The minimum atomic E-state index is 0.0874. The number of rotatable bonds is 3. The lowest BCUT2D eigenvalue weighted by atomic mass is 10.4. The molecule has 2 aromatic heterocycles. The molecule has 0 saturated carbocycles. The van der Waals surface area contributed by atoms with E-state index in [0.29, 0.717) is 12.5 Å². The lowest BCUT2D eigenvalue weighted by molar-refractivity contribution is 0.517. The van der Waals surface area contributed by atoms with E-state index in [0.717, 1.165) is 5.76 Å². The fourth-order valence-electron chi connectivity index (χ4n) is 1.07. The van der Waals surface area contributed by atoms with Crippen molar-refractivity contribution in [2.75, 3.05) is 16.8 Å². The molecule has 0 aliphatic carbocycles. The van der Waals surface area contributed by atoms with Crippen LogP contribution in [0.5, 0.6) is 0 Å². The van der Waals surface area contributed by atoms with Gasteiger partial charge in [0.05, 0.1) is 12.8 Å². The van der Waals surface area contributed by atoms with Crippen molar-refractivity contribution in [3.8, 4) is 0 Å². The molecule has 0 bridgehead atoms. The van der Waals surface area contributed by atoms with Crippen molar-refractivity contribution in [2.45, 2.75) is 6.54 Å². The number of hydrogen-bond donors (Lipinski definition) is 3. The number of nitrogens with zero attached hydrogens (tertiary/aromatic N) is 3. The van der Waals surface area contributed by atoms with E-state index in [2.05, 4.69) is 20.3 Å². The second-order valence-corrected chi connectivity index (χ2v) is 2.81. The first-order chi connectivity index (χ1) is 7.24. The molecular formula is C8H10N6O. The third kappa shape index (κ3) is 2.33. The smallest absolute Gasteiger partial charge is 0.229 e. The molecule has 2 aromatic rings. The van der Waals surface area contributed by atoms with E-state index >= 15 is 0 Å². The quantitative estimate of drug-likeness (QED) is 0.658. The van der Waals surface area contributed by atoms with Crippen molar-refractivity contribution in [1.82, 2.24) is 15.0 Å². The average molecular weight is 206 g/mol. The van der Waals surface area contributed by atoms with Gasteiger partial charge in [0.1, 0.15) is 5.76 Å². The first-order valence-electron chi connectivity index (χ1n) is 4.27. The largest absolute Gasteiger partial charge is 0.467 e. The van der Waals surface area contributed by atoms with Gasteiger partial charge in [0.2, 0.25) is 17.8 Å². The summed E-state index contributed by atoms with van der Waals surface area (Å²) in [5, 5.41) is 2.91. The highest BCUT2D eigenvalue weighted by Gasteiger charge is 2.01. The number of hydrogen-bond acceptors (Lipinski definition) is 7. The molecule has 7 nitrogen and oxygen atoms in total. The van der Waals surface area contributed by atoms with Crippen LogP contribution in [0.3, 0.4) is 0 Å². The van der Waals surface area contributed by atoms with Gasteiger partial charge in [-0.2, -0.15) is 15.0 Å². The number of nitrogens with one attached hydrogen (secondary N) is 1. The van der Waals surface area contributed by atoms with Gasteiger partial charge < -0.3 is 21.2 Å². The molecule has 0 aromatic carbocycles. The topological polar surface area (TPSA) is 116 Å². The Morgan fingerprint density at radius 1 is 1.20 bits per heavy atom. The second kappa shape index (κ2) is 3.82. The van der Waals surface area contributed by atoms with Gasteiger partial charge in [0, 0.05) is 0 Å². The summed E-state index contributed by atoms with van der Waals surface area (Å²) in [6.07, 6.45) is 1.59. The molecule has 0 atom stereocenters. The van der Waals surface area contributed by atoms with E-state index in [1.807, 2.05) is 6.07 Å². The molecule has 5 N–H and O–H groups in total. The van der Waals surface area contributed by atoms with Gasteiger partial charge >= 0.3 is 0 Å². The van der Waals surface area contributed by atoms with Crippen LogP contribution in [-0.4, -0.2) is 15.0 Å². The van der Waals surface area contributed by atoms with E-state index in [1.54, 1.807) is 12.3 Å². The number of furan rings is 1. The van der Waals surface area contributed by atoms with Gasteiger partial charge in [-0.3, -0.25) is 0 Å². The maximum absolute atomic E-state index is 5.40. The van der Waals surface area contributed by atoms with Crippen LogP contribution in [0.15, 0.2) is 22.8 Å². The number of nitrogen functional groups attached to an aromatic ring is 2. The predicted octanol–water partition coefficient (Wildman–Crippen LogP) is 0.241. The van der Waals surface area contributed by atoms with Crippen LogP contribution in [0.1, 0.15) is 5.76 Å². The first kappa shape index (κ1) is 9.25. The van der Waals surface area contributed by atoms with Crippen LogP contribution in [0, 0.1) is 0 Å². The predicted molar refractivity (Wildman–Crippen MR) is 54.7 cm³/mol. The summed E-state index contributed by atoms with van der Waals surface area (Å²) in [4.78, 5) is 11.4. The Balaban J connectivity index is 2.05. The summed E-state index contributed by atoms with van der Waals surface area (Å²) in [5.74, 6) is 1.28. The molecule has 0 spiro atoms. The van der Waals surface area contributed by atoms with Crippen molar-refractivity contribution >= 4 is 17.8 Å². The van der Waals surface area contributed by atoms with Gasteiger partial charge in [0.25, 0.3) is 0 Å². The summed E-state index contributed by atoms with van der Waals surface area (Å²) < 4.78 is 5.12. The molecule has 0 aliphatic rings. The van der Waals surface area contributed by atoms with E-state index in [1.165, 1.54) is 0 Å². The molecule has 7 heteroatoms. The van der Waals surface area contributed by atoms with Crippen molar-refractivity contribution in [1.29, 1.82) is 0 Å². The molecule has 0 fully saturated rings. The summed E-state index contributed by atoms with van der Waals surface area (Å²) >= 11 is 0. The summed E-state index contributed by atoms with van der Waals surface area (Å²) in [6.45, 7) is 0.468. The summed E-state index contributed by atoms with van der Waals surface area (Å²) in [5.41, 5.74) is 10.8. The maximum atomic E-state index is 5.40. The SMILES string of the molecule is Nc1nc(N)nc(NCc2ccco2)n1. The minimum absolute atomic E-state index is 0.0874. The van der Waals surface area contributed by atoms with Crippen molar-refractivity contribution in [3.63, 3.8) is 0 Å². The van der Waals surface area contributed by atoms with E-state index in [9.17, 15) is 0 Å². The van der Waals surface area contributed by atoms with Gasteiger partial charge in [-0.15, -0.1) is 0 Å². The van der Waals surface area contributed by atoms with Crippen LogP contribution in [0.4, 0.5) is 17.8 Å².